The Balaban J connectivity index is 2.93. The van der Waals surface area contributed by atoms with E-state index < -0.39 is 10.5 Å². The van der Waals surface area contributed by atoms with E-state index in [1.54, 1.807) is 25.1 Å². The Kier molecular flexibility index (Phi) is 5.92. The molecule has 0 fully saturated rings. The molecule has 1 aromatic carbocycles. The molecule has 0 saturated carbocycles. The van der Waals surface area contributed by atoms with Gasteiger partial charge in [0.25, 0.3) is 0 Å². The van der Waals surface area contributed by atoms with Crippen molar-refractivity contribution in [3.63, 3.8) is 0 Å². The molecule has 0 bridgehead atoms. The van der Waals surface area contributed by atoms with Gasteiger partial charge in [-0.15, -0.1) is 0 Å². The van der Waals surface area contributed by atoms with Crippen molar-refractivity contribution < 1.29 is 10.0 Å². The Bertz CT molecular complexity index is 489. The summed E-state index contributed by atoms with van der Waals surface area (Å²) in [5, 5.41) is 27.5. The molecule has 0 aromatic heterocycles. The Hall–Kier alpha value is -1.86. The van der Waals surface area contributed by atoms with Gasteiger partial charge in [-0.3, -0.25) is 10.1 Å². The number of nitro groups is 1. The van der Waals surface area contributed by atoms with Gasteiger partial charge in [0.1, 0.15) is 11.4 Å². The van der Waals surface area contributed by atoms with Crippen molar-refractivity contribution in [1.29, 1.82) is 0 Å². The van der Waals surface area contributed by atoms with E-state index in [0.29, 0.717) is 24.5 Å². The minimum absolute atomic E-state index is 0.00000283. The van der Waals surface area contributed by atoms with Crippen molar-refractivity contribution in [2.45, 2.75) is 19.4 Å². The molecule has 21 heavy (non-hydrogen) atoms. The number of benzene rings is 1. The molecule has 118 valence electrons. The molecule has 1 atom stereocenters. The monoisotopic (exact) mass is 296 g/mol. The molecule has 3 N–H and O–H groups in total. The predicted molar refractivity (Wildman–Crippen MR) is 84.9 cm³/mol. The summed E-state index contributed by atoms with van der Waals surface area (Å²) in [5.41, 5.74) is -0.108. The van der Waals surface area contributed by atoms with Gasteiger partial charge < -0.3 is 20.6 Å². The van der Waals surface area contributed by atoms with Crippen molar-refractivity contribution in [3.8, 4) is 0 Å². The van der Waals surface area contributed by atoms with E-state index in [1.165, 1.54) is 0 Å². The van der Waals surface area contributed by atoms with Gasteiger partial charge in [0.2, 0.25) is 0 Å². The molecule has 0 spiro atoms. The summed E-state index contributed by atoms with van der Waals surface area (Å²) in [6.07, 6.45) is 0. The van der Waals surface area contributed by atoms with Gasteiger partial charge in [0, 0.05) is 19.6 Å². The third-order valence-corrected chi connectivity index (χ3v) is 2.90. The van der Waals surface area contributed by atoms with Crippen LogP contribution in [0.2, 0.25) is 0 Å². The molecule has 0 saturated heterocycles. The number of nitrogens with one attached hydrogen (secondary N) is 2. The van der Waals surface area contributed by atoms with Crippen molar-refractivity contribution in [3.05, 3.63) is 28.3 Å². The molecule has 1 rings (SSSR count). The number of aliphatic hydroxyl groups is 1. The van der Waals surface area contributed by atoms with Crippen LogP contribution >= 0.6 is 0 Å². The van der Waals surface area contributed by atoms with Crippen molar-refractivity contribution in [2.75, 3.05) is 44.4 Å². The molecule has 1 aromatic rings. The van der Waals surface area contributed by atoms with Crippen LogP contribution in [0.1, 0.15) is 13.8 Å². The molecule has 1 unspecified atom stereocenters. The second kappa shape index (κ2) is 7.24. The third-order valence-electron chi connectivity index (χ3n) is 2.90. The highest BCUT2D eigenvalue weighted by atomic mass is 16.6. The van der Waals surface area contributed by atoms with Crippen LogP contribution in [0.25, 0.3) is 0 Å². The van der Waals surface area contributed by atoms with Crippen molar-refractivity contribution in [1.82, 2.24) is 4.90 Å². The predicted octanol–water partition coefficient (Wildman–Crippen LogP) is 1.75. The van der Waals surface area contributed by atoms with E-state index in [1.807, 2.05) is 25.9 Å². The van der Waals surface area contributed by atoms with Crippen molar-refractivity contribution in [2.24, 2.45) is 0 Å². The number of nitro benzene ring substituents is 1. The van der Waals surface area contributed by atoms with Crippen LogP contribution in [-0.2, 0) is 0 Å². The standard InChI is InChI=1S/C14H24N4O3/c1-5-15-11-7-6-8-12(13(11)18(20)21)16-9-14(2,19)10-17(3)4/h6-8,15-16,19H,5,9-10H2,1-4H3. The lowest BCUT2D eigenvalue weighted by Gasteiger charge is -2.27. The minimum atomic E-state index is -0.981. The molecule has 0 radical (unpaired) electrons. The fourth-order valence-corrected chi connectivity index (χ4v) is 2.24. The quantitative estimate of drug-likeness (QED) is 0.500. The first-order chi connectivity index (χ1) is 9.76. The van der Waals surface area contributed by atoms with Gasteiger partial charge in [-0.05, 0) is 40.1 Å². The number of anilines is 2. The number of likely N-dealkylation sites (N-methyl/N-ethyl adjacent to an activating group) is 1. The lowest BCUT2D eigenvalue weighted by atomic mass is 10.1. The van der Waals surface area contributed by atoms with E-state index in [-0.39, 0.29) is 12.2 Å². The molecule has 7 heteroatoms. The number of hydrogen-bond donors (Lipinski definition) is 3. The summed E-state index contributed by atoms with van der Waals surface area (Å²) >= 11 is 0. The Morgan fingerprint density at radius 2 is 1.90 bits per heavy atom. The van der Waals surface area contributed by atoms with Crippen LogP contribution in [0.15, 0.2) is 18.2 Å². The SMILES string of the molecule is CCNc1cccc(NCC(C)(O)CN(C)C)c1[N+](=O)[O-]. The topological polar surface area (TPSA) is 90.7 Å². The van der Waals surface area contributed by atoms with Gasteiger partial charge in [-0.1, -0.05) is 6.07 Å². The maximum atomic E-state index is 11.3. The van der Waals surface area contributed by atoms with E-state index in [2.05, 4.69) is 10.6 Å². The molecular weight excluding hydrogens is 272 g/mol. The van der Waals surface area contributed by atoms with Crippen LogP contribution < -0.4 is 10.6 Å². The van der Waals surface area contributed by atoms with Gasteiger partial charge in [-0.2, -0.15) is 0 Å². The largest absolute Gasteiger partial charge is 0.387 e. The zero-order chi connectivity index (χ0) is 16.0. The minimum Gasteiger partial charge on any atom is -0.387 e. The first-order valence-corrected chi connectivity index (χ1v) is 6.89. The van der Waals surface area contributed by atoms with Crippen LogP contribution in [0, 0.1) is 10.1 Å². The maximum Gasteiger partial charge on any atom is 0.315 e. The van der Waals surface area contributed by atoms with E-state index >= 15 is 0 Å². The molecule has 0 heterocycles. The first kappa shape index (κ1) is 17.2. The fourth-order valence-electron chi connectivity index (χ4n) is 2.24. The number of rotatable bonds is 8. The molecular formula is C14H24N4O3. The highest BCUT2D eigenvalue weighted by Crippen LogP contribution is 2.32. The lowest BCUT2D eigenvalue weighted by molar-refractivity contribution is -0.383. The van der Waals surface area contributed by atoms with Gasteiger partial charge in [0.05, 0.1) is 10.5 Å². The molecule has 0 aliphatic rings. The van der Waals surface area contributed by atoms with Crippen LogP contribution in [0.5, 0.6) is 0 Å². The zero-order valence-corrected chi connectivity index (χ0v) is 13.0. The van der Waals surface area contributed by atoms with Crippen LogP contribution in [0.4, 0.5) is 17.1 Å². The number of nitrogens with zero attached hydrogens (tertiary/aromatic N) is 2. The van der Waals surface area contributed by atoms with Crippen LogP contribution in [-0.4, -0.2) is 54.3 Å². The molecule has 0 aliphatic carbocycles. The summed E-state index contributed by atoms with van der Waals surface area (Å²) < 4.78 is 0. The highest BCUT2D eigenvalue weighted by molar-refractivity contribution is 5.76. The number of hydrogen-bond acceptors (Lipinski definition) is 6. The first-order valence-electron chi connectivity index (χ1n) is 6.89. The average molecular weight is 296 g/mol. The van der Waals surface area contributed by atoms with Crippen molar-refractivity contribution >= 4 is 17.1 Å². The molecule has 0 aliphatic heterocycles. The molecule has 0 amide bonds. The van der Waals surface area contributed by atoms with Crippen LogP contribution in [0.3, 0.4) is 0 Å². The second-order valence-electron chi connectivity index (χ2n) is 5.58. The van der Waals surface area contributed by atoms with Gasteiger partial charge in [0.15, 0.2) is 0 Å². The summed E-state index contributed by atoms with van der Waals surface area (Å²) in [4.78, 5) is 12.7. The van der Waals surface area contributed by atoms with Gasteiger partial charge in [-0.25, -0.2) is 0 Å². The lowest BCUT2D eigenvalue weighted by Crippen LogP contribution is -2.43. The summed E-state index contributed by atoms with van der Waals surface area (Å²) in [5.74, 6) is 0. The highest BCUT2D eigenvalue weighted by Gasteiger charge is 2.24. The summed E-state index contributed by atoms with van der Waals surface area (Å²) in [6, 6.07) is 5.06. The Morgan fingerprint density at radius 1 is 1.33 bits per heavy atom. The fraction of sp³-hybridized carbons (Fsp3) is 0.571. The van der Waals surface area contributed by atoms with E-state index in [4.69, 9.17) is 0 Å². The van der Waals surface area contributed by atoms with E-state index in [9.17, 15) is 15.2 Å². The smallest absolute Gasteiger partial charge is 0.315 e. The third kappa shape index (κ3) is 5.20. The van der Waals surface area contributed by atoms with E-state index in [0.717, 1.165) is 0 Å². The normalized spacial score (nSPS) is 13.8. The molecule has 7 nitrogen and oxygen atoms in total. The average Bonchev–Trinajstić information content (AvgIpc) is 2.35. The number of para-hydroxylation sites is 1. The maximum absolute atomic E-state index is 11.3. The Labute approximate surface area is 125 Å². The Morgan fingerprint density at radius 3 is 2.38 bits per heavy atom. The summed E-state index contributed by atoms with van der Waals surface area (Å²) in [7, 11) is 3.73. The van der Waals surface area contributed by atoms with Gasteiger partial charge >= 0.3 is 5.69 Å². The summed E-state index contributed by atoms with van der Waals surface area (Å²) in [6.45, 7) is 4.86. The second-order valence-corrected chi connectivity index (χ2v) is 5.58. The zero-order valence-electron chi connectivity index (χ0n) is 13.0.